The zero-order chi connectivity index (χ0) is 19.7. The van der Waals surface area contributed by atoms with Gasteiger partial charge in [-0.25, -0.2) is 0 Å². The minimum Gasteiger partial charge on any atom is -0.494 e. The normalized spacial score (nSPS) is 15.3. The van der Waals surface area contributed by atoms with E-state index >= 15 is 0 Å². The lowest BCUT2D eigenvalue weighted by atomic mass is 10.2. The van der Waals surface area contributed by atoms with Crippen molar-refractivity contribution in [2.24, 2.45) is 9.98 Å². The van der Waals surface area contributed by atoms with Crippen LogP contribution in [-0.2, 0) is 0 Å². The number of hydrogen-bond acceptors (Lipinski definition) is 6. The molecular formula is C23H28N4O2. The maximum Gasteiger partial charge on any atom is 0.128 e. The number of unbranched alkanes of at least 4 members (excludes halogenated alkanes) is 2. The van der Waals surface area contributed by atoms with Crippen LogP contribution in [0.4, 0.5) is 0 Å². The summed E-state index contributed by atoms with van der Waals surface area (Å²) in [4.78, 5) is 8.86. The molecule has 0 fully saturated rings. The fourth-order valence-corrected chi connectivity index (χ4v) is 3.36. The van der Waals surface area contributed by atoms with E-state index in [1.165, 1.54) is 0 Å². The molecule has 152 valence electrons. The van der Waals surface area contributed by atoms with Crippen molar-refractivity contribution < 1.29 is 9.47 Å². The molecule has 2 heterocycles. The third kappa shape index (κ3) is 5.50. The summed E-state index contributed by atoms with van der Waals surface area (Å²) >= 11 is 0. The van der Waals surface area contributed by atoms with E-state index in [-0.39, 0.29) is 0 Å². The van der Waals surface area contributed by atoms with Gasteiger partial charge in [-0.3, -0.25) is 9.98 Å². The van der Waals surface area contributed by atoms with Crippen molar-refractivity contribution in [1.82, 2.24) is 10.6 Å². The molecule has 0 amide bonds. The summed E-state index contributed by atoms with van der Waals surface area (Å²) in [5.74, 6) is 3.78. The van der Waals surface area contributed by atoms with Gasteiger partial charge in [-0.15, -0.1) is 0 Å². The maximum atomic E-state index is 5.83. The van der Waals surface area contributed by atoms with E-state index in [9.17, 15) is 0 Å². The van der Waals surface area contributed by atoms with Crippen LogP contribution in [0.25, 0.3) is 0 Å². The van der Waals surface area contributed by atoms with Gasteiger partial charge in [0.15, 0.2) is 0 Å². The van der Waals surface area contributed by atoms with Crippen molar-refractivity contribution in [2.45, 2.75) is 19.3 Å². The molecule has 0 unspecified atom stereocenters. The molecule has 0 spiro atoms. The predicted octanol–water partition coefficient (Wildman–Crippen LogP) is 3.01. The second-order valence-electron chi connectivity index (χ2n) is 7.12. The molecule has 6 nitrogen and oxygen atoms in total. The molecule has 4 rings (SSSR count). The number of amidine groups is 2. The van der Waals surface area contributed by atoms with Crippen LogP contribution in [0.2, 0.25) is 0 Å². The van der Waals surface area contributed by atoms with Gasteiger partial charge in [0.05, 0.1) is 26.3 Å². The smallest absolute Gasteiger partial charge is 0.128 e. The molecule has 0 saturated heterocycles. The zero-order valence-corrected chi connectivity index (χ0v) is 16.7. The molecule has 0 radical (unpaired) electrons. The van der Waals surface area contributed by atoms with Crippen LogP contribution in [0.5, 0.6) is 11.5 Å². The van der Waals surface area contributed by atoms with Gasteiger partial charge in [-0.1, -0.05) is 0 Å². The number of rotatable bonds is 10. The van der Waals surface area contributed by atoms with Gasteiger partial charge >= 0.3 is 0 Å². The Morgan fingerprint density at radius 3 is 1.45 bits per heavy atom. The van der Waals surface area contributed by atoms with Gasteiger partial charge in [0.25, 0.3) is 0 Å². The van der Waals surface area contributed by atoms with Crippen LogP contribution in [0.3, 0.4) is 0 Å². The van der Waals surface area contributed by atoms with Crippen LogP contribution in [0.15, 0.2) is 58.5 Å². The molecule has 0 aromatic heterocycles. The largest absolute Gasteiger partial charge is 0.494 e. The average Bonchev–Trinajstić information content (AvgIpc) is 3.48. The Labute approximate surface area is 172 Å². The average molecular weight is 393 g/mol. The van der Waals surface area contributed by atoms with E-state index in [0.717, 1.165) is 93.0 Å². The van der Waals surface area contributed by atoms with Crippen LogP contribution < -0.4 is 20.1 Å². The highest BCUT2D eigenvalue weighted by atomic mass is 16.5. The molecule has 0 atom stereocenters. The van der Waals surface area contributed by atoms with Crippen molar-refractivity contribution in [1.29, 1.82) is 0 Å². The van der Waals surface area contributed by atoms with E-state index < -0.39 is 0 Å². The number of aliphatic imine (C=N–C) groups is 2. The number of benzene rings is 2. The van der Waals surface area contributed by atoms with Gasteiger partial charge in [0.1, 0.15) is 23.2 Å². The molecule has 2 N–H and O–H groups in total. The standard InChI is InChI=1S/C23H28N4O2/c1(2-16-28-20-8-4-18(5-9-20)22-24-12-13-25-22)3-17-29-21-10-6-19(7-11-21)23-26-14-15-27-23/h4-11H,1-3,12-17H2,(H,24,25)(H,26,27). The number of nitrogens with one attached hydrogen (secondary N) is 2. The Kier molecular flexibility index (Phi) is 6.63. The molecule has 2 aromatic rings. The molecule has 2 aliphatic heterocycles. The van der Waals surface area contributed by atoms with E-state index in [2.05, 4.69) is 44.9 Å². The third-order valence-corrected chi connectivity index (χ3v) is 4.93. The lowest BCUT2D eigenvalue weighted by molar-refractivity contribution is 0.279. The summed E-state index contributed by atoms with van der Waals surface area (Å²) in [6.45, 7) is 5.02. The topological polar surface area (TPSA) is 67.2 Å². The molecular weight excluding hydrogens is 364 g/mol. The van der Waals surface area contributed by atoms with Crippen LogP contribution in [0.1, 0.15) is 30.4 Å². The Balaban J connectivity index is 1.08. The van der Waals surface area contributed by atoms with Gasteiger partial charge in [0.2, 0.25) is 0 Å². The first-order valence-corrected chi connectivity index (χ1v) is 10.4. The molecule has 2 aliphatic rings. The maximum absolute atomic E-state index is 5.83. The first kappa shape index (κ1) is 19.3. The van der Waals surface area contributed by atoms with Crippen molar-refractivity contribution >= 4 is 11.7 Å². The summed E-state index contributed by atoms with van der Waals surface area (Å²) in [5.41, 5.74) is 2.24. The number of nitrogens with zero attached hydrogens (tertiary/aromatic N) is 2. The summed E-state index contributed by atoms with van der Waals surface area (Å²) < 4.78 is 11.7. The van der Waals surface area contributed by atoms with Crippen molar-refractivity contribution in [3.8, 4) is 11.5 Å². The van der Waals surface area contributed by atoms with Gasteiger partial charge in [0, 0.05) is 24.2 Å². The van der Waals surface area contributed by atoms with E-state index in [0.29, 0.717) is 0 Å². The fourth-order valence-electron chi connectivity index (χ4n) is 3.36. The number of hydrogen-bond donors (Lipinski definition) is 2. The lowest BCUT2D eigenvalue weighted by Crippen LogP contribution is -2.19. The van der Waals surface area contributed by atoms with Crippen LogP contribution in [-0.4, -0.2) is 51.1 Å². The first-order valence-electron chi connectivity index (χ1n) is 10.4. The molecule has 29 heavy (non-hydrogen) atoms. The van der Waals surface area contributed by atoms with Crippen molar-refractivity contribution in [3.05, 3.63) is 59.7 Å². The second-order valence-corrected chi connectivity index (χ2v) is 7.12. The lowest BCUT2D eigenvalue weighted by Gasteiger charge is -2.09. The molecule has 0 aliphatic carbocycles. The van der Waals surface area contributed by atoms with E-state index in [1.807, 2.05) is 24.3 Å². The first-order chi connectivity index (χ1) is 14.4. The van der Waals surface area contributed by atoms with Crippen LogP contribution >= 0.6 is 0 Å². The summed E-state index contributed by atoms with van der Waals surface area (Å²) in [7, 11) is 0. The van der Waals surface area contributed by atoms with Gasteiger partial charge in [-0.2, -0.15) is 0 Å². The predicted molar refractivity (Wildman–Crippen MR) is 117 cm³/mol. The number of ether oxygens (including phenoxy) is 2. The molecule has 0 bridgehead atoms. The second kappa shape index (κ2) is 9.96. The SMILES string of the molecule is c1cc(C2=NCCN2)ccc1OCCCCCOc1ccc(C2=NCCN2)cc1. The van der Waals surface area contributed by atoms with Crippen LogP contribution in [0, 0.1) is 0 Å². The van der Waals surface area contributed by atoms with Gasteiger partial charge < -0.3 is 20.1 Å². The quantitative estimate of drug-likeness (QED) is 0.610. The Hall–Kier alpha value is -3.02. The van der Waals surface area contributed by atoms with Crippen molar-refractivity contribution in [3.63, 3.8) is 0 Å². The molecule has 2 aromatic carbocycles. The highest BCUT2D eigenvalue weighted by molar-refractivity contribution is 6.00. The molecule has 0 saturated carbocycles. The Morgan fingerprint density at radius 1 is 0.621 bits per heavy atom. The third-order valence-electron chi connectivity index (χ3n) is 4.93. The zero-order valence-electron chi connectivity index (χ0n) is 16.7. The Bertz CT molecular complexity index is 773. The van der Waals surface area contributed by atoms with E-state index in [4.69, 9.17) is 9.47 Å². The summed E-state index contributed by atoms with van der Waals surface area (Å²) in [6.07, 6.45) is 3.12. The monoisotopic (exact) mass is 392 g/mol. The van der Waals surface area contributed by atoms with Gasteiger partial charge in [-0.05, 0) is 67.8 Å². The summed E-state index contributed by atoms with van der Waals surface area (Å²) in [6, 6.07) is 16.3. The minimum absolute atomic E-state index is 0.725. The Morgan fingerprint density at radius 2 is 1.07 bits per heavy atom. The van der Waals surface area contributed by atoms with Crippen molar-refractivity contribution in [2.75, 3.05) is 39.4 Å². The fraction of sp³-hybridized carbons (Fsp3) is 0.391. The highest BCUT2D eigenvalue weighted by Crippen LogP contribution is 2.15. The molecule has 6 heteroatoms. The highest BCUT2D eigenvalue weighted by Gasteiger charge is 2.08. The van der Waals surface area contributed by atoms with E-state index in [1.54, 1.807) is 0 Å². The summed E-state index contributed by atoms with van der Waals surface area (Å²) in [5, 5.41) is 6.56. The minimum atomic E-state index is 0.725.